The van der Waals surface area contributed by atoms with Crippen LogP contribution in [0.15, 0.2) is 24.5 Å². The van der Waals surface area contributed by atoms with Gasteiger partial charge in [-0.05, 0) is 56.2 Å². The van der Waals surface area contributed by atoms with Gasteiger partial charge in [-0.2, -0.15) is 18.3 Å². The third-order valence-electron chi connectivity index (χ3n) is 7.85. The number of allylic oxidation sites excluding steroid dienone is 1. The molecular weight excluding hydrogens is 511 g/mol. The summed E-state index contributed by atoms with van der Waals surface area (Å²) < 4.78 is 41.0. The summed E-state index contributed by atoms with van der Waals surface area (Å²) in [6.07, 6.45) is 5.58. The Balaban J connectivity index is 1.44. The van der Waals surface area contributed by atoms with Gasteiger partial charge in [-0.15, -0.1) is 0 Å². The molecule has 2 aliphatic rings. The maximum atomic E-state index is 13.1. The summed E-state index contributed by atoms with van der Waals surface area (Å²) >= 11 is 0. The van der Waals surface area contributed by atoms with Crippen LogP contribution in [0, 0.1) is 29.1 Å². The van der Waals surface area contributed by atoms with E-state index >= 15 is 0 Å². The lowest BCUT2D eigenvalue weighted by atomic mass is 9.78. The number of carbonyl (C=O) groups excluding carboxylic acids is 2. The van der Waals surface area contributed by atoms with Crippen LogP contribution in [-0.4, -0.2) is 50.0 Å². The Kier molecular flexibility index (Phi) is 8.91. The Labute approximate surface area is 225 Å². The minimum atomic E-state index is -4.38. The summed E-state index contributed by atoms with van der Waals surface area (Å²) in [5.41, 5.74) is 1.27. The molecule has 3 heterocycles. The van der Waals surface area contributed by atoms with E-state index in [2.05, 4.69) is 32.6 Å². The molecule has 0 radical (unpaired) electrons. The number of hydrogen-bond acceptors (Lipinski definition) is 5. The zero-order valence-corrected chi connectivity index (χ0v) is 22.2. The van der Waals surface area contributed by atoms with Crippen molar-refractivity contribution in [2.24, 2.45) is 23.7 Å². The molecule has 1 aliphatic heterocycles. The van der Waals surface area contributed by atoms with Crippen LogP contribution in [0.4, 0.5) is 13.2 Å². The third kappa shape index (κ3) is 7.15. The number of aromatic nitrogens is 4. The lowest BCUT2D eigenvalue weighted by molar-refractivity contribution is -0.183. The van der Waals surface area contributed by atoms with E-state index in [4.69, 9.17) is 5.41 Å². The highest BCUT2D eigenvalue weighted by Crippen LogP contribution is 2.37. The van der Waals surface area contributed by atoms with Crippen LogP contribution in [-0.2, 0) is 11.3 Å². The summed E-state index contributed by atoms with van der Waals surface area (Å²) in [5, 5.41) is 17.9. The fourth-order valence-corrected chi connectivity index (χ4v) is 5.50. The third-order valence-corrected chi connectivity index (χ3v) is 7.85. The van der Waals surface area contributed by atoms with Crippen molar-refractivity contribution in [2.75, 3.05) is 6.54 Å². The van der Waals surface area contributed by atoms with Crippen molar-refractivity contribution in [1.29, 1.82) is 5.41 Å². The van der Waals surface area contributed by atoms with Gasteiger partial charge >= 0.3 is 6.18 Å². The SMILES string of the molecule is CCn1nccc1C(=O)N[C@H](c1cnc(/C=C\C(=N)CC2C[C@H](C(F)(F)F)CNC2=O)[nH]1)C1CCC(C)CC1. The first-order chi connectivity index (χ1) is 18.5. The summed E-state index contributed by atoms with van der Waals surface area (Å²) in [5.74, 6) is -1.85. The van der Waals surface area contributed by atoms with Gasteiger partial charge in [0.1, 0.15) is 11.5 Å². The Hall–Kier alpha value is -3.44. The average Bonchev–Trinajstić information content (AvgIpc) is 3.57. The van der Waals surface area contributed by atoms with E-state index in [9.17, 15) is 22.8 Å². The van der Waals surface area contributed by atoms with Crippen molar-refractivity contribution in [2.45, 2.75) is 71.1 Å². The number of carbonyl (C=O) groups is 2. The summed E-state index contributed by atoms with van der Waals surface area (Å²) in [6, 6.07) is 1.40. The first kappa shape index (κ1) is 28.6. The molecular formula is C27H36F3N7O2. The molecule has 2 amide bonds. The van der Waals surface area contributed by atoms with Gasteiger partial charge in [0, 0.05) is 37.3 Å². The Morgan fingerprint density at radius 2 is 2.05 bits per heavy atom. The summed E-state index contributed by atoms with van der Waals surface area (Å²) in [7, 11) is 0. The predicted octanol–water partition coefficient (Wildman–Crippen LogP) is 4.66. The maximum Gasteiger partial charge on any atom is 0.393 e. The molecule has 4 rings (SSSR count). The monoisotopic (exact) mass is 547 g/mol. The van der Waals surface area contributed by atoms with Gasteiger partial charge in [-0.3, -0.25) is 14.3 Å². The number of imidazole rings is 1. The number of amides is 2. The molecule has 0 aromatic carbocycles. The maximum absolute atomic E-state index is 13.1. The van der Waals surface area contributed by atoms with Crippen LogP contribution in [0.5, 0.6) is 0 Å². The highest BCUT2D eigenvalue weighted by Gasteiger charge is 2.44. The first-order valence-corrected chi connectivity index (χ1v) is 13.5. The number of piperidine rings is 1. The van der Waals surface area contributed by atoms with Crippen LogP contribution in [0.3, 0.4) is 0 Å². The molecule has 4 N–H and O–H groups in total. The molecule has 1 aliphatic carbocycles. The van der Waals surface area contributed by atoms with E-state index in [1.165, 1.54) is 6.08 Å². The fraction of sp³-hybridized carbons (Fsp3) is 0.593. The van der Waals surface area contributed by atoms with Gasteiger partial charge < -0.3 is 21.0 Å². The Morgan fingerprint density at radius 3 is 2.74 bits per heavy atom. The van der Waals surface area contributed by atoms with Gasteiger partial charge in [0.2, 0.25) is 5.91 Å². The van der Waals surface area contributed by atoms with Crippen LogP contribution in [0.2, 0.25) is 0 Å². The zero-order valence-electron chi connectivity index (χ0n) is 22.2. The van der Waals surface area contributed by atoms with Crippen molar-refractivity contribution in [3.05, 3.63) is 41.7 Å². The van der Waals surface area contributed by atoms with Crippen molar-refractivity contribution in [1.82, 2.24) is 30.4 Å². The number of nitrogens with zero attached hydrogens (tertiary/aromatic N) is 3. The van der Waals surface area contributed by atoms with Crippen molar-refractivity contribution in [3.8, 4) is 0 Å². The van der Waals surface area contributed by atoms with E-state index in [1.54, 1.807) is 29.2 Å². The number of hydrogen-bond donors (Lipinski definition) is 4. The fourth-order valence-electron chi connectivity index (χ4n) is 5.50. The largest absolute Gasteiger partial charge is 0.393 e. The highest BCUT2D eigenvalue weighted by molar-refractivity contribution is 5.98. The topological polar surface area (TPSA) is 129 Å². The van der Waals surface area contributed by atoms with Crippen LogP contribution < -0.4 is 10.6 Å². The highest BCUT2D eigenvalue weighted by atomic mass is 19.4. The van der Waals surface area contributed by atoms with E-state index in [-0.39, 0.29) is 36.4 Å². The lowest BCUT2D eigenvalue weighted by Gasteiger charge is -2.32. The molecule has 9 nitrogen and oxygen atoms in total. The van der Waals surface area contributed by atoms with Crippen molar-refractivity contribution < 1.29 is 22.8 Å². The molecule has 39 heavy (non-hydrogen) atoms. The van der Waals surface area contributed by atoms with Crippen LogP contribution in [0.1, 0.15) is 80.4 Å². The van der Waals surface area contributed by atoms with Gasteiger partial charge in [-0.1, -0.05) is 19.8 Å². The Bertz CT molecular complexity index is 1190. The molecule has 12 heteroatoms. The number of aryl methyl sites for hydroxylation is 1. The summed E-state index contributed by atoms with van der Waals surface area (Å²) in [4.78, 5) is 32.9. The number of H-pyrrole nitrogens is 1. The van der Waals surface area contributed by atoms with Gasteiger partial charge in [0.15, 0.2) is 0 Å². The molecule has 1 saturated heterocycles. The first-order valence-electron chi connectivity index (χ1n) is 13.5. The molecule has 1 saturated carbocycles. The molecule has 1 unspecified atom stereocenters. The normalized spacial score (nSPS) is 24.9. The molecule has 2 fully saturated rings. The number of nitrogens with one attached hydrogen (secondary N) is 4. The van der Waals surface area contributed by atoms with Crippen LogP contribution >= 0.6 is 0 Å². The van der Waals surface area contributed by atoms with E-state index in [0.717, 1.165) is 31.4 Å². The summed E-state index contributed by atoms with van der Waals surface area (Å²) in [6.45, 7) is 4.31. The van der Waals surface area contributed by atoms with Gasteiger partial charge in [0.25, 0.3) is 5.91 Å². The molecule has 2 aromatic rings. The predicted molar refractivity (Wildman–Crippen MR) is 140 cm³/mol. The standard InChI is InChI=1S/C27H36F3N7O2/c1-3-37-22(10-11-34-37)26(39)36-24(17-6-4-16(2)5-7-17)21-15-32-23(35-21)9-8-20(31)13-18-12-19(27(28,29)30)14-33-25(18)38/h8-11,15-19,24,31H,3-7,12-14H2,1-2H3,(H,32,35)(H,33,38)(H,36,39)/b9-8-,31-20?/t16?,17?,18?,19-,24-/m0/s1. The molecule has 2 aromatic heterocycles. The average molecular weight is 548 g/mol. The quantitative estimate of drug-likeness (QED) is 0.340. The zero-order chi connectivity index (χ0) is 28.2. The molecule has 0 spiro atoms. The van der Waals surface area contributed by atoms with Crippen molar-refractivity contribution in [3.63, 3.8) is 0 Å². The number of aromatic amines is 1. The van der Waals surface area contributed by atoms with Gasteiger partial charge in [-0.25, -0.2) is 4.98 Å². The lowest BCUT2D eigenvalue weighted by Crippen LogP contribution is -2.46. The van der Waals surface area contributed by atoms with Gasteiger partial charge in [0.05, 0.1) is 23.9 Å². The number of rotatable bonds is 9. The minimum absolute atomic E-state index is 0.0369. The second-order valence-electron chi connectivity index (χ2n) is 10.7. The second-order valence-corrected chi connectivity index (χ2v) is 10.7. The molecule has 3 atom stereocenters. The smallest absolute Gasteiger partial charge is 0.355 e. The van der Waals surface area contributed by atoms with Crippen LogP contribution in [0.25, 0.3) is 6.08 Å². The number of halogens is 3. The minimum Gasteiger partial charge on any atom is -0.355 e. The molecule has 0 bridgehead atoms. The number of alkyl halides is 3. The van der Waals surface area contributed by atoms with E-state index < -0.39 is 30.5 Å². The second kappa shape index (κ2) is 12.2. The van der Waals surface area contributed by atoms with Crippen molar-refractivity contribution >= 4 is 23.6 Å². The van der Waals surface area contributed by atoms with E-state index in [1.807, 2.05) is 6.92 Å². The Morgan fingerprint density at radius 1 is 1.31 bits per heavy atom. The van der Waals surface area contributed by atoms with E-state index in [0.29, 0.717) is 24.0 Å². The molecule has 212 valence electrons.